The highest BCUT2D eigenvalue weighted by molar-refractivity contribution is 6.19. The second kappa shape index (κ2) is 6.45. The van der Waals surface area contributed by atoms with Crippen molar-refractivity contribution >= 4 is 23.5 Å². The van der Waals surface area contributed by atoms with Crippen LogP contribution in [0, 0.1) is 0 Å². The van der Waals surface area contributed by atoms with Crippen LogP contribution in [0.1, 0.15) is 25.7 Å². The van der Waals surface area contributed by atoms with Crippen molar-refractivity contribution in [2.75, 3.05) is 5.88 Å². The topological polar surface area (TPSA) is 58.2 Å². The average Bonchev–Trinajstić information content (AvgIpc) is 2.19. The zero-order chi connectivity index (χ0) is 11.1. The Kier molecular flexibility index (Phi) is 5.18. The number of allylic oxidation sites excluding steroid dienone is 1. The number of hydrogen-bond acceptors (Lipinski definition) is 2. The molecule has 5 heteroatoms. The number of amides is 3. The summed E-state index contributed by atoms with van der Waals surface area (Å²) >= 11 is 5.37. The van der Waals surface area contributed by atoms with Crippen LogP contribution >= 0.6 is 11.6 Å². The van der Waals surface area contributed by atoms with Gasteiger partial charge in [-0.15, -0.1) is 11.6 Å². The van der Waals surface area contributed by atoms with Gasteiger partial charge in [0.15, 0.2) is 0 Å². The Hall–Kier alpha value is -1.03. The molecule has 15 heavy (non-hydrogen) atoms. The van der Waals surface area contributed by atoms with Crippen molar-refractivity contribution in [3.8, 4) is 0 Å². The summed E-state index contributed by atoms with van der Waals surface area (Å²) in [5.41, 5.74) is 0. The van der Waals surface area contributed by atoms with Gasteiger partial charge in [0.1, 0.15) is 0 Å². The smallest absolute Gasteiger partial charge is 0.321 e. The number of hydrogen-bond donors (Lipinski definition) is 2. The SMILES string of the molecule is O=C(CCCl)NC(=O)NC1CC=CCC1. The van der Waals surface area contributed by atoms with E-state index in [4.69, 9.17) is 11.6 Å². The summed E-state index contributed by atoms with van der Waals surface area (Å²) < 4.78 is 0. The van der Waals surface area contributed by atoms with Gasteiger partial charge < -0.3 is 5.32 Å². The number of alkyl halides is 1. The maximum atomic E-state index is 11.3. The summed E-state index contributed by atoms with van der Waals surface area (Å²) in [6, 6.07) is -0.288. The van der Waals surface area contributed by atoms with E-state index in [0.29, 0.717) is 0 Å². The van der Waals surface area contributed by atoms with Crippen molar-refractivity contribution in [3.63, 3.8) is 0 Å². The normalized spacial score (nSPS) is 19.7. The Morgan fingerprint density at radius 1 is 1.40 bits per heavy atom. The fourth-order valence-electron chi connectivity index (χ4n) is 1.42. The molecule has 0 saturated carbocycles. The molecule has 0 aromatic carbocycles. The summed E-state index contributed by atoms with van der Waals surface area (Å²) in [6.07, 6.45) is 7.02. The van der Waals surface area contributed by atoms with E-state index < -0.39 is 6.03 Å². The number of urea groups is 1. The number of carbonyl (C=O) groups is 2. The summed E-state index contributed by atoms with van der Waals surface area (Å²) in [5, 5.41) is 4.97. The summed E-state index contributed by atoms with van der Waals surface area (Å²) in [4.78, 5) is 22.3. The summed E-state index contributed by atoms with van der Waals surface area (Å²) in [6.45, 7) is 0. The minimum absolute atomic E-state index is 0.138. The molecule has 2 N–H and O–H groups in total. The molecule has 0 heterocycles. The third-order valence-corrected chi connectivity index (χ3v) is 2.37. The van der Waals surface area contributed by atoms with Crippen molar-refractivity contribution in [2.45, 2.75) is 31.7 Å². The molecule has 3 amide bonds. The zero-order valence-electron chi connectivity index (χ0n) is 8.46. The number of imide groups is 1. The number of halogens is 1. The number of nitrogens with one attached hydrogen (secondary N) is 2. The van der Waals surface area contributed by atoms with Gasteiger partial charge in [-0.25, -0.2) is 4.79 Å². The van der Waals surface area contributed by atoms with E-state index in [1.54, 1.807) is 0 Å². The third-order valence-electron chi connectivity index (χ3n) is 2.18. The van der Waals surface area contributed by atoms with Gasteiger partial charge in [0.2, 0.25) is 5.91 Å². The van der Waals surface area contributed by atoms with Gasteiger partial charge in [-0.1, -0.05) is 12.2 Å². The lowest BCUT2D eigenvalue weighted by molar-refractivity contribution is -0.119. The molecule has 4 nitrogen and oxygen atoms in total. The van der Waals surface area contributed by atoms with Crippen LogP contribution in [-0.4, -0.2) is 23.9 Å². The van der Waals surface area contributed by atoms with Gasteiger partial charge >= 0.3 is 6.03 Å². The first-order chi connectivity index (χ1) is 7.22. The van der Waals surface area contributed by atoms with Gasteiger partial charge in [0.25, 0.3) is 0 Å². The first-order valence-corrected chi connectivity index (χ1v) is 5.57. The Labute approximate surface area is 94.1 Å². The van der Waals surface area contributed by atoms with Gasteiger partial charge in [-0.05, 0) is 19.3 Å². The standard InChI is InChI=1S/C10H15ClN2O2/c11-7-6-9(14)13-10(15)12-8-4-2-1-3-5-8/h1-2,8H,3-7H2,(H2,12,13,14,15). The molecule has 1 rings (SSSR count). The Morgan fingerprint density at radius 3 is 2.80 bits per heavy atom. The monoisotopic (exact) mass is 230 g/mol. The Balaban J connectivity index is 2.23. The molecule has 84 valence electrons. The van der Waals surface area contributed by atoms with E-state index in [0.717, 1.165) is 19.3 Å². The largest absolute Gasteiger partial charge is 0.335 e. The predicted molar refractivity (Wildman–Crippen MR) is 58.8 cm³/mol. The molecular weight excluding hydrogens is 216 g/mol. The first kappa shape index (κ1) is 12.0. The highest BCUT2D eigenvalue weighted by atomic mass is 35.5. The lowest BCUT2D eigenvalue weighted by Crippen LogP contribution is -2.44. The average molecular weight is 231 g/mol. The van der Waals surface area contributed by atoms with Gasteiger partial charge in [-0.3, -0.25) is 10.1 Å². The van der Waals surface area contributed by atoms with Gasteiger partial charge in [0.05, 0.1) is 0 Å². The van der Waals surface area contributed by atoms with E-state index in [1.165, 1.54) is 0 Å². The molecular formula is C10H15ClN2O2. The molecule has 0 aromatic rings. The van der Waals surface area contributed by atoms with E-state index >= 15 is 0 Å². The highest BCUT2D eigenvalue weighted by Crippen LogP contribution is 2.09. The van der Waals surface area contributed by atoms with Crippen LogP contribution in [0.4, 0.5) is 4.79 Å². The maximum absolute atomic E-state index is 11.3. The predicted octanol–water partition coefficient (Wildman–Crippen LogP) is 1.55. The van der Waals surface area contributed by atoms with Gasteiger partial charge in [0, 0.05) is 18.3 Å². The molecule has 0 aliphatic heterocycles. The van der Waals surface area contributed by atoms with Gasteiger partial charge in [-0.2, -0.15) is 0 Å². The second-order valence-electron chi connectivity index (χ2n) is 3.44. The molecule has 0 fully saturated rings. The molecule has 1 aliphatic rings. The van der Waals surface area contributed by atoms with E-state index in [2.05, 4.69) is 16.7 Å². The third kappa shape index (κ3) is 4.83. The van der Waals surface area contributed by atoms with Crippen LogP contribution in [0.3, 0.4) is 0 Å². The molecule has 1 aliphatic carbocycles. The maximum Gasteiger partial charge on any atom is 0.321 e. The second-order valence-corrected chi connectivity index (χ2v) is 3.82. The lowest BCUT2D eigenvalue weighted by atomic mass is 10.0. The van der Waals surface area contributed by atoms with Crippen molar-refractivity contribution in [1.82, 2.24) is 10.6 Å². The highest BCUT2D eigenvalue weighted by Gasteiger charge is 2.14. The molecule has 0 spiro atoms. The number of rotatable bonds is 3. The molecule has 0 radical (unpaired) electrons. The van der Waals surface area contributed by atoms with Crippen molar-refractivity contribution in [3.05, 3.63) is 12.2 Å². The van der Waals surface area contributed by atoms with Crippen LogP contribution in [-0.2, 0) is 4.79 Å². The lowest BCUT2D eigenvalue weighted by Gasteiger charge is -2.19. The molecule has 1 unspecified atom stereocenters. The first-order valence-electron chi connectivity index (χ1n) is 5.03. The summed E-state index contributed by atoms with van der Waals surface area (Å²) in [5.74, 6) is -0.112. The zero-order valence-corrected chi connectivity index (χ0v) is 9.22. The molecule has 1 atom stereocenters. The number of carbonyl (C=O) groups excluding carboxylic acids is 2. The quantitative estimate of drug-likeness (QED) is 0.571. The summed E-state index contributed by atoms with van der Waals surface area (Å²) in [7, 11) is 0. The van der Waals surface area contributed by atoms with Crippen LogP contribution in [0.15, 0.2) is 12.2 Å². The van der Waals surface area contributed by atoms with E-state index in [-0.39, 0.29) is 24.2 Å². The van der Waals surface area contributed by atoms with Crippen LogP contribution in [0.5, 0.6) is 0 Å². The van der Waals surface area contributed by atoms with Crippen molar-refractivity contribution in [1.29, 1.82) is 0 Å². The molecule has 0 aromatic heterocycles. The molecule has 0 saturated heterocycles. The fourth-order valence-corrected chi connectivity index (χ4v) is 1.59. The van der Waals surface area contributed by atoms with E-state index in [1.807, 2.05) is 6.08 Å². The van der Waals surface area contributed by atoms with Crippen molar-refractivity contribution in [2.24, 2.45) is 0 Å². The van der Waals surface area contributed by atoms with Crippen molar-refractivity contribution < 1.29 is 9.59 Å². The minimum Gasteiger partial charge on any atom is -0.335 e. The Bertz CT molecular complexity index is 266. The minimum atomic E-state index is -0.426. The van der Waals surface area contributed by atoms with Crippen LogP contribution < -0.4 is 10.6 Å². The van der Waals surface area contributed by atoms with Crippen LogP contribution in [0.25, 0.3) is 0 Å². The van der Waals surface area contributed by atoms with E-state index in [9.17, 15) is 9.59 Å². The molecule has 0 bridgehead atoms. The Morgan fingerprint density at radius 2 is 2.20 bits per heavy atom. The fraction of sp³-hybridized carbons (Fsp3) is 0.600. The van der Waals surface area contributed by atoms with Crippen LogP contribution in [0.2, 0.25) is 0 Å².